The van der Waals surface area contributed by atoms with Crippen LogP contribution in [0.5, 0.6) is 11.5 Å². The minimum atomic E-state index is -4.60. The Bertz CT molecular complexity index is 1010. The number of halogens is 3. The maximum absolute atomic E-state index is 13.3. The van der Waals surface area contributed by atoms with Gasteiger partial charge in [0.05, 0.1) is 14.2 Å². The molecule has 0 aliphatic rings. The average Bonchev–Trinajstić information content (AvgIpc) is 3.10. The molecular formula is C19H20F3N5O3. The first-order valence-electron chi connectivity index (χ1n) is 8.98. The molecule has 0 unspecified atom stereocenters. The zero-order valence-electron chi connectivity index (χ0n) is 16.3. The van der Waals surface area contributed by atoms with Crippen LogP contribution in [0.3, 0.4) is 0 Å². The van der Waals surface area contributed by atoms with Gasteiger partial charge in [-0.15, -0.1) is 0 Å². The van der Waals surface area contributed by atoms with Crippen LogP contribution in [0.15, 0.2) is 36.5 Å². The molecule has 0 aliphatic heterocycles. The number of nitrogens with zero attached hydrogens (tertiary/aromatic N) is 3. The molecule has 2 amide bonds. The number of amides is 2. The minimum Gasteiger partial charge on any atom is -0.497 e. The summed E-state index contributed by atoms with van der Waals surface area (Å²) in [5.74, 6) is -0.00300. The summed E-state index contributed by atoms with van der Waals surface area (Å²) in [6.45, 7) is 0.145. The maximum Gasteiger partial charge on any atom is 0.449 e. The van der Waals surface area contributed by atoms with E-state index in [0.29, 0.717) is 17.2 Å². The van der Waals surface area contributed by atoms with Crippen LogP contribution in [0.1, 0.15) is 12.2 Å². The van der Waals surface area contributed by atoms with Crippen molar-refractivity contribution in [2.24, 2.45) is 0 Å². The normalized spacial score (nSPS) is 11.4. The van der Waals surface area contributed by atoms with E-state index in [0.717, 1.165) is 4.57 Å². The highest BCUT2D eigenvalue weighted by Crippen LogP contribution is 2.31. The Balaban J connectivity index is 1.60. The molecule has 11 heteroatoms. The largest absolute Gasteiger partial charge is 0.497 e. The van der Waals surface area contributed by atoms with Crippen molar-refractivity contribution in [3.8, 4) is 11.5 Å². The van der Waals surface area contributed by atoms with E-state index < -0.39 is 18.0 Å². The summed E-state index contributed by atoms with van der Waals surface area (Å²) >= 11 is 0. The Hall–Kier alpha value is -3.50. The molecule has 3 aromatic rings. The number of methoxy groups -OCH3 is 2. The fourth-order valence-electron chi connectivity index (χ4n) is 2.88. The van der Waals surface area contributed by atoms with Crippen LogP contribution >= 0.6 is 0 Å². The van der Waals surface area contributed by atoms with Crippen LogP contribution in [0.25, 0.3) is 11.2 Å². The van der Waals surface area contributed by atoms with E-state index in [1.54, 1.807) is 18.2 Å². The number of anilines is 1. The molecule has 0 saturated heterocycles. The lowest BCUT2D eigenvalue weighted by Crippen LogP contribution is -2.30. The summed E-state index contributed by atoms with van der Waals surface area (Å²) < 4.78 is 51.1. The van der Waals surface area contributed by atoms with Gasteiger partial charge in [-0.25, -0.2) is 14.8 Å². The van der Waals surface area contributed by atoms with Crippen molar-refractivity contribution >= 4 is 22.9 Å². The van der Waals surface area contributed by atoms with Crippen LogP contribution in [0.4, 0.5) is 23.7 Å². The molecule has 8 nitrogen and oxygen atoms in total. The number of carbonyl (C=O) groups is 1. The summed E-state index contributed by atoms with van der Waals surface area (Å²) in [5.41, 5.74) is 0.771. The topological polar surface area (TPSA) is 90.3 Å². The number of carbonyl (C=O) groups excluding carboxylic acids is 1. The molecule has 2 heterocycles. The van der Waals surface area contributed by atoms with Crippen LogP contribution in [-0.4, -0.2) is 41.3 Å². The first-order chi connectivity index (χ1) is 14.3. The highest BCUT2D eigenvalue weighted by Gasteiger charge is 2.37. The van der Waals surface area contributed by atoms with E-state index in [2.05, 4.69) is 20.6 Å². The second kappa shape index (κ2) is 8.89. The summed E-state index contributed by atoms with van der Waals surface area (Å²) in [6, 6.07) is 7.38. The number of aromatic nitrogens is 3. The molecule has 0 radical (unpaired) electrons. The Morgan fingerprint density at radius 2 is 1.87 bits per heavy atom. The first kappa shape index (κ1) is 21.2. The number of urea groups is 1. The number of fused-ring (bicyclic) bond motifs is 1. The lowest BCUT2D eigenvalue weighted by atomic mass is 10.3. The lowest BCUT2D eigenvalue weighted by Gasteiger charge is -2.12. The Morgan fingerprint density at radius 1 is 1.17 bits per heavy atom. The molecule has 0 atom stereocenters. The third-order valence-electron chi connectivity index (χ3n) is 4.21. The van der Waals surface area contributed by atoms with Crippen molar-refractivity contribution in [3.05, 3.63) is 42.4 Å². The molecule has 0 spiro atoms. The van der Waals surface area contributed by atoms with Gasteiger partial charge in [0.15, 0.2) is 5.65 Å². The Kier molecular flexibility index (Phi) is 6.28. The van der Waals surface area contributed by atoms with Crippen LogP contribution in [0, 0.1) is 0 Å². The monoisotopic (exact) mass is 423 g/mol. The smallest absolute Gasteiger partial charge is 0.449 e. The highest BCUT2D eigenvalue weighted by atomic mass is 19.4. The zero-order valence-corrected chi connectivity index (χ0v) is 16.3. The van der Waals surface area contributed by atoms with Gasteiger partial charge in [0.25, 0.3) is 0 Å². The number of benzene rings is 1. The van der Waals surface area contributed by atoms with Crippen LogP contribution in [0.2, 0.25) is 0 Å². The summed E-state index contributed by atoms with van der Waals surface area (Å²) in [6.07, 6.45) is -2.94. The number of aryl methyl sites for hydroxylation is 1. The van der Waals surface area contributed by atoms with Gasteiger partial charge in [0.1, 0.15) is 17.0 Å². The molecule has 0 saturated carbocycles. The quantitative estimate of drug-likeness (QED) is 0.566. The molecule has 2 N–H and O–H groups in total. The molecule has 0 bridgehead atoms. The third kappa shape index (κ3) is 4.91. The fourth-order valence-corrected chi connectivity index (χ4v) is 2.88. The number of nitrogens with one attached hydrogen (secondary N) is 2. The number of hydrogen-bond acceptors (Lipinski definition) is 5. The van der Waals surface area contributed by atoms with Crippen molar-refractivity contribution in [2.75, 3.05) is 26.1 Å². The molecule has 0 fully saturated rings. The zero-order chi connectivity index (χ0) is 21.7. The van der Waals surface area contributed by atoms with Crippen molar-refractivity contribution in [2.45, 2.75) is 19.1 Å². The fraction of sp³-hybridized carbons (Fsp3) is 0.316. The highest BCUT2D eigenvalue weighted by molar-refractivity contribution is 5.89. The van der Waals surface area contributed by atoms with Gasteiger partial charge in [-0.2, -0.15) is 13.2 Å². The molecule has 30 heavy (non-hydrogen) atoms. The van der Waals surface area contributed by atoms with Gasteiger partial charge in [-0.1, -0.05) is 0 Å². The number of imidazole rings is 1. The predicted molar refractivity (Wildman–Crippen MR) is 104 cm³/mol. The third-order valence-corrected chi connectivity index (χ3v) is 4.21. The first-order valence-corrected chi connectivity index (χ1v) is 8.98. The summed E-state index contributed by atoms with van der Waals surface area (Å²) in [7, 11) is 2.98. The lowest BCUT2D eigenvalue weighted by molar-refractivity contribution is -0.147. The molecule has 1 aromatic carbocycles. The summed E-state index contributed by atoms with van der Waals surface area (Å²) in [5, 5.41) is 5.24. The number of alkyl halides is 3. The van der Waals surface area contributed by atoms with E-state index in [9.17, 15) is 18.0 Å². The molecule has 160 valence electrons. The van der Waals surface area contributed by atoms with Gasteiger partial charge >= 0.3 is 12.2 Å². The van der Waals surface area contributed by atoms with Crippen LogP contribution < -0.4 is 20.1 Å². The van der Waals surface area contributed by atoms with Gasteiger partial charge < -0.3 is 24.7 Å². The minimum absolute atomic E-state index is 0.00435. The van der Waals surface area contributed by atoms with Gasteiger partial charge in [-0.3, -0.25) is 0 Å². The molecule has 0 aliphatic carbocycles. The number of pyridine rings is 1. The number of hydrogen-bond donors (Lipinski definition) is 2. The van der Waals surface area contributed by atoms with Crippen LogP contribution in [-0.2, 0) is 12.7 Å². The molecular weight excluding hydrogens is 403 g/mol. The van der Waals surface area contributed by atoms with Crippen molar-refractivity contribution < 1.29 is 27.4 Å². The van der Waals surface area contributed by atoms with E-state index >= 15 is 0 Å². The number of ether oxygens (including phenoxy) is 2. The Labute approximate surface area is 170 Å². The maximum atomic E-state index is 13.3. The van der Waals surface area contributed by atoms with Crippen molar-refractivity contribution in [1.82, 2.24) is 19.9 Å². The molecule has 3 rings (SSSR count). The average molecular weight is 423 g/mol. The number of rotatable bonds is 7. The van der Waals surface area contributed by atoms with E-state index in [1.165, 1.54) is 32.5 Å². The van der Waals surface area contributed by atoms with Crippen molar-refractivity contribution in [1.29, 1.82) is 0 Å². The van der Waals surface area contributed by atoms with E-state index in [4.69, 9.17) is 9.47 Å². The van der Waals surface area contributed by atoms with Gasteiger partial charge in [0.2, 0.25) is 5.82 Å². The second-order valence-electron chi connectivity index (χ2n) is 6.27. The standard InChI is InChI=1S/C19H20F3N5O3/c1-29-13-9-12(10-14(11-13)30-2)25-18(28)24-7-4-8-27-16-15(5-3-6-23-16)26-17(27)19(20,21)22/h3,5-6,9-11H,4,7-8H2,1-2H3,(H2,24,25,28). The summed E-state index contributed by atoms with van der Waals surface area (Å²) in [4.78, 5) is 19.7. The van der Waals surface area contributed by atoms with E-state index in [-0.39, 0.29) is 30.7 Å². The SMILES string of the molecule is COc1cc(NC(=O)NCCCn2c(C(F)(F)F)nc3cccnc32)cc(OC)c1. The molecule has 2 aromatic heterocycles. The van der Waals surface area contributed by atoms with E-state index in [1.807, 2.05) is 0 Å². The van der Waals surface area contributed by atoms with Crippen molar-refractivity contribution in [3.63, 3.8) is 0 Å². The Morgan fingerprint density at radius 3 is 2.50 bits per heavy atom. The van der Waals surface area contributed by atoms with Gasteiger partial charge in [-0.05, 0) is 18.6 Å². The predicted octanol–water partition coefficient (Wildman–Crippen LogP) is 3.68. The van der Waals surface area contributed by atoms with Gasteiger partial charge in [0, 0.05) is 43.2 Å². The second-order valence-corrected chi connectivity index (χ2v) is 6.27.